The van der Waals surface area contributed by atoms with E-state index in [2.05, 4.69) is 25.6 Å². The van der Waals surface area contributed by atoms with Crippen LogP contribution in [0.2, 0.25) is 5.02 Å². The predicted octanol–water partition coefficient (Wildman–Crippen LogP) is 2.27. The third-order valence-corrected chi connectivity index (χ3v) is 7.94. The number of amides is 3. The summed E-state index contributed by atoms with van der Waals surface area (Å²) < 4.78 is 26.2. The lowest BCUT2D eigenvalue weighted by molar-refractivity contribution is -0.133. The molecule has 0 saturated carbocycles. The van der Waals surface area contributed by atoms with Gasteiger partial charge in [0.1, 0.15) is 6.04 Å². The summed E-state index contributed by atoms with van der Waals surface area (Å²) in [6.07, 6.45) is 3.50. The number of halogens is 1. The molecule has 4 rings (SSSR count). The normalized spacial score (nSPS) is 17.4. The highest BCUT2D eigenvalue weighted by atomic mass is 35.5. The Bertz CT molecular complexity index is 1230. The fourth-order valence-electron chi connectivity index (χ4n) is 5.01. The van der Waals surface area contributed by atoms with E-state index >= 15 is 0 Å². The molecule has 12 heteroatoms. The Morgan fingerprint density at radius 2 is 1.69 bits per heavy atom. The van der Waals surface area contributed by atoms with E-state index in [9.17, 15) is 18.0 Å². The molecule has 39 heavy (non-hydrogen) atoms. The van der Waals surface area contributed by atoms with Crippen molar-refractivity contribution in [3.8, 4) is 0 Å². The number of sulfonamides is 1. The second-order valence-electron chi connectivity index (χ2n) is 10.1. The van der Waals surface area contributed by atoms with Crippen LogP contribution in [0.1, 0.15) is 18.4 Å². The lowest BCUT2D eigenvalue weighted by Crippen LogP contribution is -2.57. The number of piperidine rings is 1. The van der Waals surface area contributed by atoms with Crippen LogP contribution in [0.3, 0.4) is 0 Å². The van der Waals surface area contributed by atoms with Crippen LogP contribution < -0.4 is 25.6 Å². The van der Waals surface area contributed by atoms with Gasteiger partial charge in [-0.2, -0.15) is 0 Å². The minimum absolute atomic E-state index is 0.149. The number of piperazine rings is 1. The van der Waals surface area contributed by atoms with Crippen LogP contribution in [0.15, 0.2) is 48.5 Å². The third-order valence-electron chi connectivity index (χ3n) is 7.10. The number of rotatable bonds is 9. The maximum atomic E-state index is 13.6. The van der Waals surface area contributed by atoms with Crippen molar-refractivity contribution in [2.24, 2.45) is 5.92 Å². The van der Waals surface area contributed by atoms with E-state index in [0.29, 0.717) is 55.8 Å². The first-order valence-corrected chi connectivity index (χ1v) is 15.5. The van der Waals surface area contributed by atoms with Gasteiger partial charge < -0.3 is 25.8 Å². The number of nitrogens with zero attached hydrogens (tertiary/aromatic N) is 2. The number of urea groups is 1. The number of carbonyl (C=O) groups is 2. The van der Waals surface area contributed by atoms with Crippen molar-refractivity contribution in [2.75, 3.05) is 61.7 Å². The fourth-order valence-corrected chi connectivity index (χ4v) is 5.71. The number of nitrogens with one attached hydrogen (secondary N) is 4. The van der Waals surface area contributed by atoms with Crippen molar-refractivity contribution < 1.29 is 18.0 Å². The van der Waals surface area contributed by atoms with Gasteiger partial charge in [0.25, 0.3) is 0 Å². The number of benzene rings is 2. The highest BCUT2D eigenvalue weighted by Crippen LogP contribution is 2.27. The molecule has 2 aliphatic rings. The minimum atomic E-state index is -3.43. The summed E-state index contributed by atoms with van der Waals surface area (Å²) in [4.78, 5) is 30.3. The van der Waals surface area contributed by atoms with Crippen molar-refractivity contribution in [1.82, 2.24) is 20.9 Å². The van der Waals surface area contributed by atoms with Gasteiger partial charge in [0.2, 0.25) is 15.9 Å². The molecular weight excluding hydrogens is 540 g/mol. The molecule has 2 aromatic carbocycles. The van der Waals surface area contributed by atoms with Crippen LogP contribution >= 0.6 is 11.6 Å². The van der Waals surface area contributed by atoms with E-state index < -0.39 is 16.1 Å². The SMILES string of the molecule is CS(=O)(=O)Nc1ccccc1N1CCN(C(=O)[C@@H](Cc2ccc(Cl)cc2)NC(=O)NCC2CCNCC2)CC1. The molecule has 0 bridgehead atoms. The van der Waals surface area contributed by atoms with Crippen LogP contribution in [0, 0.1) is 5.92 Å². The summed E-state index contributed by atoms with van der Waals surface area (Å²) in [5.74, 6) is 0.278. The van der Waals surface area contributed by atoms with Crippen molar-refractivity contribution in [2.45, 2.75) is 25.3 Å². The molecule has 2 saturated heterocycles. The van der Waals surface area contributed by atoms with Crippen molar-refractivity contribution in [3.05, 3.63) is 59.1 Å². The molecular formula is C27H37ClN6O4S. The maximum Gasteiger partial charge on any atom is 0.315 e. The molecule has 3 amide bonds. The Balaban J connectivity index is 1.40. The number of hydrogen-bond donors (Lipinski definition) is 4. The molecule has 2 fully saturated rings. The Labute approximate surface area is 235 Å². The fraction of sp³-hybridized carbons (Fsp3) is 0.481. The second kappa shape index (κ2) is 13.4. The molecule has 2 heterocycles. The molecule has 10 nitrogen and oxygen atoms in total. The minimum Gasteiger partial charge on any atom is -0.366 e. The predicted molar refractivity (Wildman–Crippen MR) is 155 cm³/mol. The third kappa shape index (κ3) is 8.74. The van der Waals surface area contributed by atoms with Gasteiger partial charge in [-0.1, -0.05) is 35.9 Å². The Kier molecular flexibility index (Phi) is 9.93. The van der Waals surface area contributed by atoms with Crippen LogP contribution in [-0.2, 0) is 21.2 Å². The molecule has 0 radical (unpaired) electrons. The van der Waals surface area contributed by atoms with Crippen LogP contribution in [0.25, 0.3) is 0 Å². The first kappa shape index (κ1) is 29.0. The maximum absolute atomic E-state index is 13.6. The first-order valence-electron chi connectivity index (χ1n) is 13.3. The Hall–Kier alpha value is -3.02. The van der Waals surface area contributed by atoms with Crippen LogP contribution in [-0.4, -0.2) is 83.4 Å². The van der Waals surface area contributed by atoms with E-state index in [-0.39, 0.29) is 11.9 Å². The van der Waals surface area contributed by atoms with E-state index in [1.54, 1.807) is 29.2 Å². The average molecular weight is 577 g/mol. The van der Waals surface area contributed by atoms with Crippen LogP contribution in [0.5, 0.6) is 0 Å². The standard InChI is InChI=1S/C27H37ClN6O4S/c1-39(37,38)32-23-4-2-3-5-25(23)33-14-16-34(17-15-33)26(35)24(18-20-6-8-22(28)9-7-20)31-27(36)30-19-21-10-12-29-13-11-21/h2-9,21,24,29,32H,10-19H2,1H3,(H2,30,31,36)/t24-/m1/s1. The molecule has 212 valence electrons. The molecule has 0 aliphatic carbocycles. The number of carbonyl (C=O) groups excluding carboxylic acids is 2. The van der Waals surface area contributed by atoms with Crippen molar-refractivity contribution >= 4 is 44.9 Å². The molecule has 2 aromatic rings. The van der Waals surface area contributed by atoms with Gasteiger partial charge in [0.15, 0.2) is 0 Å². The number of para-hydroxylation sites is 2. The monoisotopic (exact) mass is 576 g/mol. The summed E-state index contributed by atoms with van der Waals surface area (Å²) in [7, 11) is -3.43. The highest BCUT2D eigenvalue weighted by molar-refractivity contribution is 7.92. The van der Waals surface area contributed by atoms with Gasteiger partial charge in [-0.3, -0.25) is 9.52 Å². The lowest BCUT2D eigenvalue weighted by atomic mass is 9.98. The molecule has 2 aliphatic heterocycles. The molecule has 0 spiro atoms. The summed E-state index contributed by atoms with van der Waals surface area (Å²) in [6, 6.07) is 13.4. The van der Waals surface area contributed by atoms with E-state index in [0.717, 1.165) is 43.4 Å². The quantitative estimate of drug-likeness (QED) is 0.363. The van der Waals surface area contributed by atoms with Gasteiger partial charge in [-0.05, 0) is 61.7 Å². The second-order valence-corrected chi connectivity index (χ2v) is 12.3. The van der Waals surface area contributed by atoms with Gasteiger partial charge in [0.05, 0.1) is 17.6 Å². The van der Waals surface area contributed by atoms with Gasteiger partial charge in [0, 0.05) is 44.2 Å². The summed E-state index contributed by atoms with van der Waals surface area (Å²) in [5.41, 5.74) is 2.17. The summed E-state index contributed by atoms with van der Waals surface area (Å²) in [5, 5.41) is 9.80. The van der Waals surface area contributed by atoms with Crippen molar-refractivity contribution in [1.29, 1.82) is 0 Å². The van der Waals surface area contributed by atoms with E-state index in [4.69, 9.17) is 11.6 Å². The zero-order valence-electron chi connectivity index (χ0n) is 22.2. The van der Waals surface area contributed by atoms with E-state index in [1.165, 1.54) is 0 Å². The summed E-state index contributed by atoms with van der Waals surface area (Å²) >= 11 is 6.04. The lowest BCUT2D eigenvalue weighted by Gasteiger charge is -2.38. The zero-order valence-corrected chi connectivity index (χ0v) is 23.7. The molecule has 0 unspecified atom stereocenters. The summed E-state index contributed by atoms with van der Waals surface area (Å²) in [6.45, 7) is 4.43. The van der Waals surface area contributed by atoms with Crippen molar-refractivity contribution in [3.63, 3.8) is 0 Å². The largest absolute Gasteiger partial charge is 0.366 e. The molecule has 1 atom stereocenters. The van der Waals surface area contributed by atoms with Gasteiger partial charge >= 0.3 is 6.03 Å². The Morgan fingerprint density at radius 1 is 1.03 bits per heavy atom. The van der Waals surface area contributed by atoms with Crippen LogP contribution in [0.4, 0.5) is 16.2 Å². The smallest absolute Gasteiger partial charge is 0.315 e. The topological polar surface area (TPSA) is 123 Å². The highest BCUT2D eigenvalue weighted by Gasteiger charge is 2.30. The number of hydrogen-bond acceptors (Lipinski definition) is 6. The first-order chi connectivity index (χ1) is 18.7. The average Bonchev–Trinajstić information content (AvgIpc) is 2.92. The van der Waals surface area contributed by atoms with Gasteiger partial charge in [-0.15, -0.1) is 0 Å². The molecule has 4 N–H and O–H groups in total. The number of anilines is 2. The Morgan fingerprint density at radius 3 is 2.36 bits per heavy atom. The van der Waals surface area contributed by atoms with E-state index in [1.807, 2.05) is 24.3 Å². The van der Waals surface area contributed by atoms with Gasteiger partial charge in [-0.25, -0.2) is 13.2 Å². The molecule has 0 aromatic heterocycles. The zero-order chi connectivity index (χ0) is 27.8.